The van der Waals surface area contributed by atoms with Crippen LogP contribution in [0.25, 0.3) is 0 Å². The van der Waals surface area contributed by atoms with Crippen molar-refractivity contribution < 1.29 is 9.53 Å². The summed E-state index contributed by atoms with van der Waals surface area (Å²) in [6.07, 6.45) is 6.58. The van der Waals surface area contributed by atoms with Gasteiger partial charge in [0.15, 0.2) is 0 Å². The molecule has 162 valence electrons. The van der Waals surface area contributed by atoms with Crippen LogP contribution >= 0.6 is 24.8 Å². The van der Waals surface area contributed by atoms with Crippen molar-refractivity contribution >= 4 is 30.7 Å². The largest absolute Gasteiger partial charge is 0.497 e. The molecular formula is C21H32Cl2N4O2. The predicted molar refractivity (Wildman–Crippen MR) is 120 cm³/mol. The summed E-state index contributed by atoms with van der Waals surface area (Å²) in [7, 11) is 3.59. The fourth-order valence-corrected chi connectivity index (χ4v) is 3.79. The molecule has 1 aliphatic heterocycles. The smallest absolute Gasteiger partial charge is 0.221 e. The van der Waals surface area contributed by atoms with E-state index in [4.69, 9.17) is 4.74 Å². The van der Waals surface area contributed by atoms with Crippen molar-refractivity contribution in [2.45, 2.75) is 32.2 Å². The molecule has 1 aromatic carbocycles. The second-order valence-corrected chi connectivity index (χ2v) is 7.46. The van der Waals surface area contributed by atoms with E-state index in [1.54, 1.807) is 13.3 Å². The van der Waals surface area contributed by atoms with E-state index in [0.29, 0.717) is 18.3 Å². The summed E-state index contributed by atoms with van der Waals surface area (Å²) in [6, 6.07) is 7.50. The average molecular weight is 443 g/mol. The average Bonchev–Trinajstić information content (AvgIpc) is 3.12. The van der Waals surface area contributed by atoms with Crippen molar-refractivity contribution in [2.75, 3.05) is 20.2 Å². The quantitative estimate of drug-likeness (QED) is 0.688. The maximum absolute atomic E-state index is 12.8. The number of carbonyl (C=O) groups excluding carboxylic acids is 1. The molecule has 3 unspecified atom stereocenters. The maximum Gasteiger partial charge on any atom is 0.221 e. The van der Waals surface area contributed by atoms with Crippen LogP contribution in [-0.2, 0) is 11.8 Å². The second-order valence-electron chi connectivity index (χ2n) is 7.46. The van der Waals surface area contributed by atoms with Crippen LogP contribution in [0.15, 0.2) is 36.7 Å². The van der Waals surface area contributed by atoms with Crippen LogP contribution in [0.4, 0.5) is 0 Å². The van der Waals surface area contributed by atoms with Gasteiger partial charge in [-0.25, -0.2) is 4.98 Å². The van der Waals surface area contributed by atoms with Gasteiger partial charge in [-0.05, 0) is 55.5 Å². The lowest BCUT2D eigenvalue weighted by molar-refractivity contribution is -0.122. The predicted octanol–water partition coefficient (Wildman–Crippen LogP) is 3.50. The Kier molecular flexibility index (Phi) is 10.5. The Morgan fingerprint density at radius 2 is 2.07 bits per heavy atom. The number of carbonyl (C=O) groups is 1. The van der Waals surface area contributed by atoms with Crippen LogP contribution in [0.1, 0.15) is 43.6 Å². The molecule has 1 aromatic heterocycles. The Hall–Kier alpha value is -1.76. The van der Waals surface area contributed by atoms with E-state index in [1.807, 2.05) is 42.1 Å². The Morgan fingerprint density at radius 1 is 1.34 bits per heavy atom. The number of halogens is 2. The third kappa shape index (κ3) is 6.63. The molecule has 1 amide bonds. The summed E-state index contributed by atoms with van der Waals surface area (Å²) >= 11 is 0. The number of aryl methyl sites for hydroxylation is 1. The minimum absolute atomic E-state index is 0. The van der Waals surface area contributed by atoms with Crippen LogP contribution in [0.2, 0.25) is 0 Å². The lowest BCUT2D eigenvalue weighted by atomic mass is 9.85. The van der Waals surface area contributed by atoms with Gasteiger partial charge in [0.1, 0.15) is 17.6 Å². The fourth-order valence-electron chi connectivity index (χ4n) is 3.79. The molecule has 1 saturated heterocycles. The van der Waals surface area contributed by atoms with Crippen LogP contribution in [0.5, 0.6) is 5.75 Å². The van der Waals surface area contributed by atoms with Crippen molar-refractivity contribution in [1.82, 2.24) is 20.2 Å². The number of hydrogen-bond donors (Lipinski definition) is 2. The first-order valence-corrected chi connectivity index (χ1v) is 9.69. The molecule has 0 bridgehead atoms. The van der Waals surface area contributed by atoms with Crippen LogP contribution in [-0.4, -0.2) is 35.7 Å². The standard InChI is InChI=1S/C21H30N4O2.2ClH/c1-15(17-5-4-10-22-14-17)13-19(26)24-20(21-23-11-12-25(21)2)16-6-8-18(27-3)9-7-16;;/h6-9,11-12,15,17,20,22H,4-5,10,13-14H2,1-3H3,(H,24,26);2*1H. The summed E-state index contributed by atoms with van der Waals surface area (Å²) in [6.45, 7) is 4.28. The topological polar surface area (TPSA) is 68.2 Å². The molecule has 0 radical (unpaired) electrons. The van der Waals surface area contributed by atoms with Gasteiger partial charge < -0.3 is 19.9 Å². The Morgan fingerprint density at radius 3 is 2.62 bits per heavy atom. The summed E-state index contributed by atoms with van der Waals surface area (Å²) in [5, 5.41) is 6.64. The highest BCUT2D eigenvalue weighted by molar-refractivity contribution is 5.85. The Labute approximate surface area is 185 Å². The van der Waals surface area contributed by atoms with E-state index < -0.39 is 0 Å². The van der Waals surface area contributed by atoms with Crippen LogP contribution in [0, 0.1) is 11.8 Å². The molecule has 29 heavy (non-hydrogen) atoms. The van der Waals surface area contributed by atoms with Gasteiger partial charge in [-0.15, -0.1) is 24.8 Å². The first kappa shape index (κ1) is 25.3. The van der Waals surface area contributed by atoms with Crippen LogP contribution < -0.4 is 15.4 Å². The van der Waals surface area contributed by atoms with Crippen molar-refractivity contribution in [3.8, 4) is 5.75 Å². The van der Waals surface area contributed by atoms with Crippen molar-refractivity contribution in [1.29, 1.82) is 0 Å². The van der Waals surface area contributed by atoms with E-state index in [0.717, 1.165) is 30.2 Å². The zero-order valence-electron chi connectivity index (χ0n) is 17.3. The molecule has 2 N–H and O–H groups in total. The molecule has 2 aromatic rings. The molecular weight excluding hydrogens is 411 g/mol. The van der Waals surface area contributed by atoms with E-state index in [1.165, 1.54) is 12.8 Å². The monoisotopic (exact) mass is 442 g/mol. The third-order valence-corrected chi connectivity index (χ3v) is 5.52. The molecule has 1 aliphatic rings. The Bertz CT molecular complexity index is 745. The van der Waals surface area contributed by atoms with E-state index in [9.17, 15) is 4.79 Å². The van der Waals surface area contributed by atoms with Gasteiger partial charge in [0, 0.05) is 25.9 Å². The van der Waals surface area contributed by atoms with Crippen molar-refractivity contribution in [3.63, 3.8) is 0 Å². The van der Waals surface area contributed by atoms with Gasteiger partial charge in [0.25, 0.3) is 0 Å². The number of nitrogens with zero attached hydrogens (tertiary/aromatic N) is 2. The lowest BCUT2D eigenvalue weighted by Crippen LogP contribution is -2.37. The number of rotatable bonds is 7. The molecule has 3 rings (SSSR count). The molecule has 8 heteroatoms. The van der Waals surface area contributed by atoms with Crippen molar-refractivity contribution in [2.24, 2.45) is 18.9 Å². The number of aromatic nitrogens is 2. The molecule has 0 saturated carbocycles. The van der Waals surface area contributed by atoms with E-state index in [-0.39, 0.29) is 36.8 Å². The number of nitrogens with one attached hydrogen (secondary N) is 2. The van der Waals surface area contributed by atoms with Gasteiger partial charge in [0.05, 0.1) is 7.11 Å². The normalized spacial score (nSPS) is 18.0. The number of benzene rings is 1. The first-order valence-electron chi connectivity index (χ1n) is 9.69. The number of imidazole rings is 1. The second kappa shape index (κ2) is 12.1. The number of amides is 1. The summed E-state index contributed by atoms with van der Waals surface area (Å²) in [5.41, 5.74) is 0.991. The zero-order valence-corrected chi connectivity index (χ0v) is 18.9. The van der Waals surface area contributed by atoms with Gasteiger partial charge >= 0.3 is 0 Å². The molecule has 2 heterocycles. The van der Waals surface area contributed by atoms with Crippen molar-refractivity contribution in [3.05, 3.63) is 48.0 Å². The lowest BCUT2D eigenvalue weighted by Gasteiger charge is -2.28. The minimum atomic E-state index is -0.278. The molecule has 0 spiro atoms. The number of piperidine rings is 1. The summed E-state index contributed by atoms with van der Waals surface area (Å²) in [5.74, 6) is 2.60. The SMILES string of the molecule is COc1ccc(C(NC(=O)CC(C)C2CCCNC2)c2nccn2C)cc1.Cl.Cl. The fraction of sp³-hybridized carbons (Fsp3) is 0.524. The van der Waals surface area contributed by atoms with Gasteiger partial charge in [-0.3, -0.25) is 4.79 Å². The zero-order chi connectivity index (χ0) is 19.2. The van der Waals surface area contributed by atoms with Gasteiger partial charge in [-0.2, -0.15) is 0 Å². The van der Waals surface area contributed by atoms with Crippen LogP contribution in [0.3, 0.4) is 0 Å². The molecule has 3 atom stereocenters. The number of ether oxygens (including phenoxy) is 1. The van der Waals surface area contributed by atoms with E-state index >= 15 is 0 Å². The highest BCUT2D eigenvalue weighted by atomic mass is 35.5. The first-order chi connectivity index (χ1) is 13.1. The molecule has 6 nitrogen and oxygen atoms in total. The van der Waals surface area contributed by atoms with Gasteiger partial charge in [0.2, 0.25) is 5.91 Å². The summed E-state index contributed by atoms with van der Waals surface area (Å²) in [4.78, 5) is 17.3. The molecule has 0 aliphatic carbocycles. The number of methoxy groups -OCH3 is 1. The highest BCUT2D eigenvalue weighted by Gasteiger charge is 2.25. The third-order valence-electron chi connectivity index (χ3n) is 5.52. The maximum atomic E-state index is 12.8. The Balaban J connectivity index is 0.00000210. The minimum Gasteiger partial charge on any atom is -0.497 e. The highest BCUT2D eigenvalue weighted by Crippen LogP contribution is 2.25. The summed E-state index contributed by atoms with van der Waals surface area (Å²) < 4.78 is 7.20. The molecule has 1 fully saturated rings. The van der Waals surface area contributed by atoms with E-state index in [2.05, 4.69) is 22.5 Å². The number of hydrogen-bond acceptors (Lipinski definition) is 4. The van der Waals surface area contributed by atoms with Gasteiger partial charge in [-0.1, -0.05) is 19.1 Å².